The molecule has 0 amide bonds. The molecule has 3 saturated carbocycles. The first-order valence-electron chi connectivity index (χ1n) is 7.60. The lowest BCUT2D eigenvalue weighted by atomic mass is 9.84. The zero-order valence-corrected chi connectivity index (χ0v) is 10.8. The van der Waals surface area contributed by atoms with E-state index in [2.05, 4.69) is 12.2 Å². The van der Waals surface area contributed by atoms with Crippen LogP contribution in [-0.2, 0) is 0 Å². The summed E-state index contributed by atoms with van der Waals surface area (Å²) in [5, 5.41) is 4.01. The monoisotopic (exact) mass is 221 g/mol. The third-order valence-corrected chi connectivity index (χ3v) is 5.07. The normalized spacial score (nSPS) is 29.6. The smallest absolute Gasteiger partial charge is 0.0126 e. The van der Waals surface area contributed by atoms with Gasteiger partial charge in [-0.3, -0.25) is 0 Å². The first kappa shape index (κ1) is 11.1. The van der Waals surface area contributed by atoms with E-state index in [1.54, 1.807) is 0 Å². The van der Waals surface area contributed by atoms with Crippen molar-refractivity contribution in [2.75, 3.05) is 0 Å². The summed E-state index contributed by atoms with van der Waals surface area (Å²) in [7, 11) is 0. The molecule has 0 saturated heterocycles. The fourth-order valence-electron chi connectivity index (χ4n) is 3.64. The molecule has 1 N–H and O–H groups in total. The van der Waals surface area contributed by atoms with Crippen LogP contribution in [0.2, 0.25) is 0 Å². The average Bonchev–Trinajstić information content (AvgIpc) is 3.19. The summed E-state index contributed by atoms with van der Waals surface area (Å²) in [6.45, 7) is 2.45. The van der Waals surface area contributed by atoms with E-state index in [0.29, 0.717) is 0 Å². The van der Waals surface area contributed by atoms with Crippen LogP contribution >= 0.6 is 0 Å². The van der Waals surface area contributed by atoms with Crippen molar-refractivity contribution in [3.05, 3.63) is 0 Å². The lowest BCUT2D eigenvalue weighted by Gasteiger charge is -2.32. The van der Waals surface area contributed by atoms with Crippen molar-refractivity contribution in [2.24, 2.45) is 17.8 Å². The Labute approximate surface area is 100 Å². The fraction of sp³-hybridized carbons (Fsp3) is 1.00. The Morgan fingerprint density at radius 3 is 1.81 bits per heavy atom. The Hall–Kier alpha value is -0.0400. The number of nitrogens with one attached hydrogen (secondary N) is 1. The highest BCUT2D eigenvalue weighted by molar-refractivity contribution is 4.97. The van der Waals surface area contributed by atoms with Gasteiger partial charge in [0, 0.05) is 12.1 Å². The maximum Gasteiger partial charge on any atom is 0.0126 e. The van der Waals surface area contributed by atoms with Crippen LogP contribution in [0.25, 0.3) is 0 Å². The molecule has 3 fully saturated rings. The Morgan fingerprint density at radius 1 is 0.750 bits per heavy atom. The molecule has 0 aromatic heterocycles. The molecular weight excluding hydrogens is 194 g/mol. The van der Waals surface area contributed by atoms with Gasteiger partial charge in [0.2, 0.25) is 0 Å². The van der Waals surface area contributed by atoms with E-state index in [1.807, 2.05) is 0 Å². The predicted molar refractivity (Wildman–Crippen MR) is 68.4 cm³/mol. The van der Waals surface area contributed by atoms with Gasteiger partial charge in [0.25, 0.3) is 0 Å². The molecule has 0 bridgehead atoms. The minimum absolute atomic E-state index is 0.784. The van der Waals surface area contributed by atoms with E-state index in [0.717, 1.165) is 29.8 Å². The van der Waals surface area contributed by atoms with Crippen molar-refractivity contribution in [1.29, 1.82) is 0 Å². The molecule has 0 radical (unpaired) electrons. The summed E-state index contributed by atoms with van der Waals surface area (Å²) < 4.78 is 0. The molecule has 16 heavy (non-hydrogen) atoms. The van der Waals surface area contributed by atoms with Crippen LogP contribution in [0.4, 0.5) is 0 Å². The molecule has 0 aliphatic heterocycles. The molecule has 0 spiro atoms. The molecule has 1 nitrogen and oxygen atoms in total. The molecule has 0 heterocycles. The van der Waals surface area contributed by atoms with E-state index < -0.39 is 0 Å². The topological polar surface area (TPSA) is 12.0 Å². The lowest BCUT2D eigenvalue weighted by Crippen LogP contribution is -2.43. The molecule has 3 rings (SSSR count). The van der Waals surface area contributed by atoms with Crippen molar-refractivity contribution in [3.63, 3.8) is 0 Å². The summed E-state index contributed by atoms with van der Waals surface area (Å²) in [5.41, 5.74) is 0. The van der Waals surface area contributed by atoms with E-state index in [4.69, 9.17) is 0 Å². The maximum atomic E-state index is 4.01. The molecule has 1 heteroatoms. The summed E-state index contributed by atoms with van der Waals surface area (Å²) in [6.07, 6.45) is 13.4. The molecule has 3 aliphatic rings. The molecule has 1 unspecified atom stereocenters. The first-order chi connectivity index (χ1) is 7.84. The zero-order chi connectivity index (χ0) is 11.0. The Balaban J connectivity index is 1.51. The van der Waals surface area contributed by atoms with Crippen molar-refractivity contribution >= 4 is 0 Å². The van der Waals surface area contributed by atoms with Crippen LogP contribution in [0.1, 0.15) is 64.7 Å². The van der Waals surface area contributed by atoms with E-state index >= 15 is 0 Å². The Bertz CT molecular complexity index is 212. The quantitative estimate of drug-likeness (QED) is 0.746. The predicted octanol–water partition coefficient (Wildman–Crippen LogP) is 3.73. The highest BCUT2D eigenvalue weighted by Gasteiger charge is 2.42. The molecule has 92 valence electrons. The number of hydrogen-bond acceptors (Lipinski definition) is 1. The highest BCUT2D eigenvalue weighted by Crippen LogP contribution is 2.45. The second-order valence-electron chi connectivity index (χ2n) is 6.55. The van der Waals surface area contributed by atoms with Crippen LogP contribution in [0.3, 0.4) is 0 Å². The third kappa shape index (κ3) is 2.61. The summed E-state index contributed by atoms with van der Waals surface area (Å²) in [6, 6.07) is 1.68. The maximum absolute atomic E-state index is 4.01. The first-order valence-corrected chi connectivity index (χ1v) is 7.60. The Kier molecular flexibility index (Phi) is 3.24. The van der Waals surface area contributed by atoms with Gasteiger partial charge in [-0.05, 0) is 63.2 Å². The van der Waals surface area contributed by atoms with Gasteiger partial charge in [0.1, 0.15) is 0 Å². The minimum atomic E-state index is 0.784. The number of rotatable bonds is 5. The van der Waals surface area contributed by atoms with Crippen LogP contribution in [0, 0.1) is 17.8 Å². The Morgan fingerprint density at radius 2 is 1.31 bits per heavy atom. The second-order valence-corrected chi connectivity index (χ2v) is 6.55. The van der Waals surface area contributed by atoms with Crippen LogP contribution in [0.5, 0.6) is 0 Å². The van der Waals surface area contributed by atoms with Gasteiger partial charge >= 0.3 is 0 Å². The van der Waals surface area contributed by atoms with E-state index in [-0.39, 0.29) is 0 Å². The van der Waals surface area contributed by atoms with Gasteiger partial charge in [-0.15, -0.1) is 0 Å². The molecule has 0 aromatic rings. The summed E-state index contributed by atoms with van der Waals surface area (Å²) >= 11 is 0. The van der Waals surface area contributed by atoms with Crippen molar-refractivity contribution in [1.82, 2.24) is 5.32 Å². The van der Waals surface area contributed by atoms with Gasteiger partial charge in [-0.25, -0.2) is 0 Å². The van der Waals surface area contributed by atoms with Crippen LogP contribution < -0.4 is 5.32 Å². The highest BCUT2D eigenvalue weighted by atomic mass is 15.0. The largest absolute Gasteiger partial charge is 0.311 e. The zero-order valence-electron chi connectivity index (χ0n) is 10.8. The standard InChI is InChI=1S/C15H27N/c1-11(12-5-3-2-4-6-12)16-15(13-7-8-13)14-9-10-14/h11-16H,2-10H2,1H3. The lowest BCUT2D eigenvalue weighted by molar-refractivity contribution is 0.247. The molecular formula is C15H27N. The number of hydrogen-bond donors (Lipinski definition) is 1. The second kappa shape index (κ2) is 4.68. The van der Waals surface area contributed by atoms with E-state index in [1.165, 1.54) is 57.8 Å². The SMILES string of the molecule is CC(NC(C1CC1)C1CC1)C1CCCCC1. The summed E-state index contributed by atoms with van der Waals surface area (Å²) in [5.74, 6) is 3.09. The third-order valence-electron chi connectivity index (χ3n) is 5.07. The van der Waals surface area contributed by atoms with Gasteiger partial charge < -0.3 is 5.32 Å². The van der Waals surface area contributed by atoms with E-state index in [9.17, 15) is 0 Å². The molecule has 1 atom stereocenters. The van der Waals surface area contributed by atoms with Crippen molar-refractivity contribution in [3.8, 4) is 0 Å². The van der Waals surface area contributed by atoms with Crippen LogP contribution in [-0.4, -0.2) is 12.1 Å². The molecule has 3 aliphatic carbocycles. The van der Waals surface area contributed by atoms with Gasteiger partial charge in [0.05, 0.1) is 0 Å². The van der Waals surface area contributed by atoms with Crippen molar-refractivity contribution < 1.29 is 0 Å². The summed E-state index contributed by atoms with van der Waals surface area (Å²) in [4.78, 5) is 0. The van der Waals surface area contributed by atoms with Gasteiger partial charge in [-0.2, -0.15) is 0 Å². The molecule has 0 aromatic carbocycles. The van der Waals surface area contributed by atoms with Crippen molar-refractivity contribution in [2.45, 2.75) is 76.8 Å². The average molecular weight is 221 g/mol. The fourth-order valence-corrected chi connectivity index (χ4v) is 3.64. The van der Waals surface area contributed by atoms with Crippen LogP contribution in [0.15, 0.2) is 0 Å². The van der Waals surface area contributed by atoms with Gasteiger partial charge in [-0.1, -0.05) is 19.3 Å². The minimum Gasteiger partial charge on any atom is -0.311 e. The van der Waals surface area contributed by atoms with Gasteiger partial charge in [0.15, 0.2) is 0 Å².